The molecule has 0 aliphatic carbocycles. The summed E-state index contributed by atoms with van der Waals surface area (Å²) in [6, 6.07) is 10.4. The summed E-state index contributed by atoms with van der Waals surface area (Å²) in [6.45, 7) is 5.06. The van der Waals surface area contributed by atoms with E-state index in [2.05, 4.69) is 25.5 Å². The Labute approximate surface area is 178 Å². The Bertz CT molecular complexity index is 1250. The first-order valence-corrected chi connectivity index (χ1v) is 9.78. The second kappa shape index (κ2) is 7.88. The van der Waals surface area contributed by atoms with Crippen molar-refractivity contribution in [2.45, 2.75) is 32.4 Å². The van der Waals surface area contributed by atoms with Crippen LogP contribution in [0.15, 0.2) is 54.9 Å². The third-order valence-corrected chi connectivity index (χ3v) is 5.03. The van der Waals surface area contributed by atoms with Gasteiger partial charge in [-0.3, -0.25) is 14.9 Å². The van der Waals surface area contributed by atoms with Gasteiger partial charge in [0.25, 0.3) is 5.91 Å². The average Bonchev–Trinajstić information content (AvgIpc) is 3.15. The minimum atomic E-state index is -1.28. The SMILES string of the molecule is Cc1cc(-c2n[nH]c3ncc(C(=O)N[C@H](c4ccc(F)cc4)C(C)(C)O)cc23)ccn1. The number of benzene rings is 1. The number of nitrogens with one attached hydrogen (secondary N) is 2. The van der Waals surface area contributed by atoms with Crippen LogP contribution < -0.4 is 5.32 Å². The second-order valence-electron chi connectivity index (χ2n) is 7.99. The standard InChI is InChI=1S/C23H22FN5O2/c1-13-10-15(8-9-25-13)19-18-11-16(12-26-21(18)29-28-19)22(30)27-20(23(2,3)31)14-4-6-17(24)7-5-14/h4-12,20,31H,1-3H3,(H,27,30)(H,26,28,29)/t20-/m1/s1. The number of carbonyl (C=O) groups excluding carboxylic acids is 1. The Balaban J connectivity index is 1.68. The van der Waals surface area contributed by atoms with Crippen LogP contribution in [-0.2, 0) is 0 Å². The fourth-order valence-corrected chi connectivity index (χ4v) is 3.48. The first kappa shape index (κ1) is 20.6. The van der Waals surface area contributed by atoms with Gasteiger partial charge in [0.05, 0.1) is 17.2 Å². The molecule has 0 fully saturated rings. The predicted octanol–water partition coefficient (Wildman–Crippen LogP) is 3.71. The molecule has 0 bridgehead atoms. The monoisotopic (exact) mass is 419 g/mol. The van der Waals surface area contributed by atoms with Crippen LogP contribution in [0.2, 0.25) is 0 Å². The highest BCUT2D eigenvalue weighted by Gasteiger charge is 2.30. The highest BCUT2D eigenvalue weighted by atomic mass is 19.1. The number of pyridine rings is 2. The van der Waals surface area contributed by atoms with Gasteiger partial charge >= 0.3 is 0 Å². The molecular formula is C23H22FN5O2. The molecule has 158 valence electrons. The number of rotatable bonds is 5. The molecule has 0 spiro atoms. The molecule has 31 heavy (non-hydrogen) atoms. The number of aromatic nitrogens is 4. The van der Waals surface area contributed by atoms with Gasteiger partial charge in [-0.2, -0.15) is 5.10 Å². The zero-order valence-corrected chi connectivity index (χ0v) is 17.3. The third kappa shape index (κ3) is 4.29. The number of hydrogen-bond acceptors (Lipinski definition) is 5. The number of carbonyl (C=O) groups is 1. The minimum Gasteiger partial charge on any atom is -0.388 e. The number of halogens is 1. The Kier molecular flexibility index (Phi) is 5.24. The fraction of sp³-hybridized carbons (Fsp3) is 0.217. The minimum absolute atomic E-state index is 0.317. The van der Waals surface area contributed by atoms with Gasteiger partial charge in [0.2, 0.25) is 0 Å². The Hall–Kier alpha value is -3.65. The molecule has 3 N–H and O–H groups in total. The average molecular weight is 419 g/mol. The maximum Gasteiger partial charge on any atom is 0.253 e. The predicted molar refractivity (Wildman–Crippen MR) is 115 cm³/mol. The van der Waals surface area contributed by atoms with E-state index in [1.54, 1.807) is 38.2 Å². The summed E-state index contributed by atoms with van der Waals surface area (Å²) in [5.41, 5.74) is 2.56. The van der Waals surface area contributed by atoms with Gasteiger partial charge in [-0.25, -0.2) is 9.37 Å². The van der Waals surface area contributed by atoms with Crippen LogP contribution in [0.25, 0.3) is 22.3 Å². The van der Waals surface area contributed by atoms with E-state index in [1.165, 1.54) is 18.3 Å². The Morgan fingerprint density at radius 3 is 2.58 bits per heavy atom. The van der Waals surface area contributed by atoms with Crippen molar-refractivity contribution in [3.05, 3.63) is 77.5 Å². The van der Waals surface area contributed by atoms with Crippen molar-refractivity contribution >= 4 is 16.9 Å². The van der Waals surface area contributed by atoms with Gasteiger partial charge in [0, 0.05) is 29.0 Å². The molecule has 1 amide bonds. The number of H-pyrrole nitrogens is 1. The molecule has 4 rings (SSSR count). The van der Waals surface area contributed by atoms with Crippen molar-refractivity contribution in [3.8, 4) is 11.3 Å². The second-order valence-corrected chi connectivity index (χ2v) is 7.99. The molecule has 3 aromatic heterocycles. The molecular weight excluding hydrogens is 397 g/mol. The number of amides is 1. The fourth-order valence-electron chi connectivity index (χ4n) is 3.48. The van der Waals surface area contributed by atoms with Gasteiger partial charge in [0.1, 0.15) is 11.5 Å². The van der Waals surface area contributed by atoms with Crippen LogP contribution in [0.1, 0.15) is 41.5 Å². The zero-order chi connectivity index (χ0) is 22.2. The number of aliphatic hydroxyl groups is 1. The number of nitrogens with zero attached hydrogens (tertiary/aromatic N) is 3. The van der Waals surface area contributed by atoms with Crippen molar-refractivity contribution in [2.24, 2.45) is 0 Å². The Morgan fingerprint density at radius 1 is 1.16 bits per heavy atom. The normalized spacial score (nSPS) is 12.7. The lowest BCUT2D eigenvalue weighted by Gasteiger charge is -2.30. The summed E-state index contributed by atoms with van der Waals surface area (Å²) in [7, 11) is 0. The molecule has 8 heteroatoms. The maximum atomic E-state index is 13.3. The van der Waals surface area contributed by atoms with Crippen molar-refractivity contribution in [1.29, 1.82) is 0 Å². The molecule has 1 aromatic carbocycles. The van der Waals surface area contributed by atoms with Crippen molar-refractivity contribution < 1.29 is 14.3 Å². The van der Waals surface area contributed by atoms with E-state index in [0.29, 0.717) is 27.9 Å². The van der Waals surface area contributed by atoms with Crippen molar-refractivity contribution in [1.82, 2.24) is 25.5 Å². The van der Waals surface area contributed by atoms with E-state index in [4.69, 9.17) is 0 Å². The van der Waals surface area contributed by atoms with E-state index in [9.17, 15) is 14.3 Å². The highest BCUT2D eigenvalue weighted by Crippen LogP contribution is 2.28. The summed E-state index contributed by atoms with van der Waals surface area (Å²) in [4.78, 5) is 21.6. The molecule has 0 aliphatic rings. The molecule has 0 radical (unpaired) electrons. The van der Waals surface area contributed by atoms with Crippen molar-refractivity contribution in [3.63, 3.8) is 0 Å². The van der Waals surface area contributed by atoms with E-state index in [0.717, 1.165) is 11.3 Å². The van der Waals surface area contributed by atoms with Crippen LogP contribution in [0, 0.1) is 12.7 Å². The molecule has 0 saturated carbocycles. The third-order valence-electron chi connectivity index (χ3n) is 5.03. The van der Waals surface area contributed by atoms with Gasteiger partial charge < -0.3 is 10.4 Å². The lowest BCUT2D eigenvalue weighted by molar-refractivity contribution is 0.0343. The summed E-state index contributed by atoms with van der Waals surface area (Å²) in [5.74, 6) is -0.804. The highest BCUT2D eigenvalue weighted by molar-refractivity contribution is 6.00. The van der Waals surface area contributed by atoms with Crippen LogP contribution in [-0.4, -0.2) is 36.8 Å². The van der Waals surface area contributed by atoms with Crippen LogP contribution in [0.4, 0.5) is 4.39 Å². The zero-order valence-electron chi connectivity index (χ0n) is 17.3. The largest absolute Gasteiger partial charge is 0.388 e. The number of hydrogen-bond donors (Lipinski definition) is 3. The molecule has 0 saturated heterocycles. The molecule has 3 heterocycles. The smallest absolute Gasteiger partial charge is 0.253 e. The van der Waals surface area contributed by atoms with Gasteiger partial charge in [0.15, 0.2) is 5.65 Å². The molecule has 0 aliphatic heterocycles. The Morgan fingerprint density at radius 2 is 1.90 bits per heavy atom. The summed E-state index contributed by atoms with van der Waals surface area (Å²) in [6.07, 6.45) is 3.15. The van der Waals surface area contributed by atoms with Crippen LogP contribution >= 0.6 is 0 Å². The van der Waals surface area contributed by atoms with E-state index in [1.807, 2.05) is 19.1 Å². The van der Waals surface area contributed by atoms with Crippen LogP contribution in [0.5, 0.6) is 0 Å². The maximum absolute atomic E-state index is 13.3. The summed E-state index contributed by atoms with van der Waals surface area (Å²) < 4.78 is 13.3. The van der Waals surface area contributed by atoms with Gasteiger partial charge in [-0.05, 0) is 56.7 Å². The quantitative estimate of drug-likeness (QED) is 0.458. The molecule has 4 aromatic rings. The topological polar surface area (TPSA) is 104 Å². The number of fused-ring (bicyclic) bond motifs is 1. The first-order chi connectivity index (χ1) is 14.7. The van der Waals surface area contributed by atoms with Gasteiger partial charge in [-0.15, -0.1) is 0 Å². The van der Waals surface area contributed by atoms with Gasteiger partial charge in [-0.1, -0.05) is 12.1 Å². The summed E-state index contributed by atoms with van der Waals surface area (Å²) in [5, 5.41) is 21.4. The summed E-state index contributed by atoms with van der Waals surface area (Å²) >= 11 is 0. The lowest BCUT2D eigenvalue weighted by atomic mass is 9.91. The molecule has 0 unspecified atom stereocenters. The van der Waals surface area contributed by atoms with E-state index in [-0.39, 0.29) is 0 Å². The molecule has 1 atom stereocenters. The number of aromatic amines is 1. The van der Waals surface area contributed by atoms with Crippen molar-refractivity contribution in [2.75, 3.05) is 0 Å². The van der Waals surface area contributed by atoms with Crippen LogP contribution in [0.3, 0.4) is 0 Å². The van der Waals surface area contributed by atoms with E-state index >= 15 is 0 Å². The first-order valence-electron chi connectivity index (χ1n) is 9.78. The lowest BCUT2D eigenvalue weighted by Crippen LogP contribution is -2.42. The molecule has 7 nitrogen and oxygen atoms in total. The van der Waals surface area contributed by atoms with E-state index < -0.39 is 23.4 Å². The number of aryl methyl sites for hydroxylation is 1.